The number of carbonyl (C=O) groups excluding carboxylic acids is 1. The maximum absolute atomic E-state index is 12.8. The SMILES string of the molecule is COC1CCN(C/C=C/C(=O)N2CC(c3ccn4ncnc(Nc5ccc(Oc6ccn7ncnc7c6)c(C)c5)c34)C2)CC1. The Morgan fingerprint density at radius 2 is 1.82 bits per heavy atom. The van der Waals surface area contributed by atoms with Crippen molar-refractivity contribution < 1.29 is 14.3 Å². The Kier molecular flexibility index (Phi) is 7.67. The number of anilines is 2. The van der Waals surface area contributed by atoms with Gasteiger partial charge >= 0.3 is 0 Å². The molecule has 2 aliphatic heterocycles. The Bertz CT molecular complexity index is 1820. The van der Waals surface area contributed by atoms with Crippen molar-refractivity contribution in [3.8, 4) is 11.5 Å². The van der Waals surface area contributed by atoms with Crippen molar-refractivity contribution in [1.29, 1.82) is 0 Å². The average Bonchev–Trinajstić information content (AvgIpc) is 3.66. The summed E-state index contributed by atoms with van der Waals surface area (Å²) in [4.78, 5) is 25.9. The molecular weight excluding hydrogens is 558 g/mol. The van der Waals surface area contributed by atoms with Gasteiger partial charge in [0.1, 0.15) is 29.7 Å². The summed E-state index contributed by atoms with van der Waals surface area (Å²) in [5, 5.41) is 12.0. The first kappa shape index (κ1) is 28.0. The molecule has 0 saturated carbocycles. The molecule has 1 amide bonds. The lowest BCUT2D eigenvalue weighted by atomic mass is 9.92. The molecule has 1 aromatic carbocycles. The van der Waals surface area contributed by atoms with E-state index in [9.17, 15) is 4.79 Å². The molecule has 6 heterocycles. The van der Waals surface area contributed by atoms with Gasteiger partial charge in [0.15, 0.2) is 11.5 Å². The van der Waals surface area contributed by atoms with Gasteiger partial charge in [0.05, 0.1) is 6.10 Å². The van der Waals surface area contributed by atoms with Crippen molar-refractivity contribution in [3.05, 3.63) is 84.7 Å². The maximum Gasteiger partial charge on any atom is 0.246 e. The van der Waals surface area contributed by atoms with E-state index in [-0.39, 0.29) is 11.8 Å². The van der Waals surface area contributed by atoms with E-state index in [1.54, 1.807) is 24.0 Å². The molecule has 0 bridgehead atoms. The first-order valence-electron chi connectivity index (χ1n) is 14.9. The van der Waals surface area contributed by atoms with Crippen LogP contribution < -0.4 is 10.1 Å². The number of nitrogens with zero attached hydrogens (tertiary/aromatic N) is 8. The molecule has 12 heteroatoms. The fraction of sp³-hybridized carbons (Fsp3) is 0.344. The molecule has 44 heavy (non-hydrogen) atoms. The highest BCUT2D eigenvalue weighted by atomic mass is 16.5. The summed E-state index contributed by atoms with van der Waals surface area (Å²) in [6.45, 7) is 6.14. The van der Waals surface area contributed by atoms with Crippen molar-refractivity contribution in [2.24, 2.45) is 0 Å². The lowest BCUT2D eigenvalue weighted by molar-refractivity contribution is -0.130. The van der Waals surface area contributed by atoms with Crippen LogP contribution >= 0.6 is 0 Å². The molecule has 0 spiro atoms. The van der Waals surface area contributed by atoms with Crippen LogP contribution in [-0.4, -0.2) is 90.8 Å². The van der Waals surface area contributed by atoms with Crippen molar-refractivity contribution in [1.82, 2.24) is 39.0 Å². The zero-order valence-electron chi connectivity index (χ0n) is 24.8. The number of likely N-dealkylation sites (tertiary alicyclic amines) is 2. The van der Waals surface area contributed by atoms with Crippen LogP contribution in [0, 0.1) is 6.92 Å². The third kappa shape index (κ3) is 5.73. The molecule has 2 saturated heterocycles. The summed E-state index contributed by atoms with van der Waals surface area (Å²) >= 11 is 0. The second kappa shape index (κ2) is 12.1. The number of fused-ring (bicyclic) bond motifs is 2. The van der Waals surface area contributed by atoms with Crippen LogP contribution in [0.3, 0.4) is 0 Å². The molecule has 1 N–H and O–H groups in total. The van der Waals surface area contributed by atoms with Crippen LogP contribution in [0.2, 0.25) is 0 Å². The van der Waals surface area contributed by atoms with E-state index in [0.29, 0.717) is 30.8 Å². The fourth-order valence-corrected chi connectivity index (χ4v) is 5.96. The van der Waals surface area contributed by atoms with Gasteiger partial charge in [-0.25, -0.2) is 19.0 Å². The maximum atomic E-state index is 12.8. The molecule has 2 aliphatic rings. The van der Waals surface area contributed by atoms with Gasteiger partial charge in [-0.1, -0.05) is 6.08 Å². The molecule has 7 rings (SSSR count). The lowest BCUT2D eigenvalue weighted by Gasteiger charge is -2.38. The minimum absolute atomic E-state index is 0.0605. The van der Waals surface area contributed by atoms with Gasteiger partial charge in [0.25, 0.3) is 0 Å². The number of amides is 1. The Morgan fingerprint density at radius 1 is 1.02 bits per heavy atom. The highest BCUT2D eigenvalue weighted by Crippen LogP contribution is 2.35. The van der Waals surface area contributed by atoms with Crippen molar-refractivity contribution >= 4 is 28.6 Å². The second-order valence-electron chi connectivity index (χ2n) is 11.4. The molecule has 5 aromatic rings. The largest absolute Gasteiger partial charge is 0.457 e. The number of piperidine rings is 1. The van der Waals surface area contributed by atoms with E-state index >= 15 is 0 Å². The van der Waals surface area contributed by atoms with E-state index in [0.717, 1.165) is 66.2 Å². The van der Waals surface area contributed by atoms with E-state index < -0.39 is 0 Å². The van der Waals surface area contributed by atoms with Crippen LogP contribution in [0.25, 0.3) is 11.2 Å². The molecule has 0 atom stereocenters. The van der Waals surface area contributed by atoms with Crippen LogP contribution in [0.4, 0.5) is 11.5 Å². The summed E-state index contributed by atoms with van der Waals surface area (Å²) in [6.07, 6.45) is 13.0. The first-order chi connectivity index (χ1) is 21.5. The number of aryl methyl sites for hydroxylation is 1. The van der Waals surface area contributed by atoms with Gasteiger partial charge in [-0.2, -0.15) is 10.2 Å². The predicted octanol–water partition coefficient (Wildman–Crippen LogP) is 4.21. The minimum atomic E-state index is 0.0605. The number of ether oxygens (including phenoxy) is 2. The molecule has 4 aromatic heterocycles. The predicted molar refractivity (Wildman–Crippen MR) is 165 cm³/mol. The number of rotatable bonds is 9. The van der Waals surface area contributed by atoms with Crippen molar-refractivity contribution in [2.45, 2.75) is 31.8 Å². The smallest absolute Gasteiger partial charge is 0.246 e. The minimum Gasteiger partial charge on any atom is -0.457 e. The number of carbonyl (C=O) groups is 1. The molecule has 2 fully saturated rings. The molecule has 0 aliphatic carbocycles. The van der Waals surface area contributed by atoms with Gasteiger partial charge in [-0.3, -0.25) is 9.69 Å². The van der Waals surface area contributed by atoms with Crippen molar-refractivity contribution in [3.63, 3.8) is 0 Å². The van der Waals surface area contributed by atoms with Crippen LogP contribution in [0.5, 0.6) is 11.5 Å². The first-order valence-corrected chi connectivity index (χ1v) is 14.9. The number of benzene rings is 1. The van der Waals surface area contributed by atoms with E-state index in [1.165, 1.54) is 6.33 Å². The topological polar surface area (TPSA) is 114 Å². The monoisotopic (exact) mass is 593 g/mol. The van der Waals surface area contributed by atoms with E-state index in [2.05, 4.69) is 36.4 Å². The second-order valence-corrected chi connectivity index (χ2v) is 11.4. The number of aromatic nitrogens is 6. The summed E-state index contributed by atoms with van der Waals surface area (Å²) in [6, 6.07) is 11.7. The Hall–Kier alpha value is -4.81. The van der Waals surface area contributed by atoms with Gasteiger partial charge < -0.3 is 19.7 Å². The molecule has 0 unspecified atom stereocenters. The summed E-state index contributed by atoms with van der Waals surface area (Å²) in [5.74, 6) is 2.44. The summed E-state index contributed by atoms with van der Waals surface area (Å²) in [5.41, 5.74) is 4.62. The van der Waals surface area contributed by atoms with Crippen LogP contribution in [0.1, 0.15) is 29.9 Å². The quantitative estimate of drug-likeness (QED) is 0.251. The Morgan fingerprint density at radius 3 is 2.64 bits per heavy atom. The van der Waals surface area contributed by atoms with E-state index in [1.807, 2.05) is 65.1 Å². The van der Waals surface area contributed by atoms with Gasteiger partial charge in [-0.15, -0.1) is 0 Å². The van der Waals surface area contributed by atoms with Gasteiger partial charge in [-0.05, 0) is 61.2 Å². The standard InChI is InChI=1S/C32H35N9O3/c1-22-16-24(5-6-28(22)44-26-9-14-40-29(17-26)33-20-35-40)37-32-31-27(10-15-41(31)36-21-34-32)23-18-39(19-23)30(42)4-3-11-38-12-7-25(43-2)8-13-38/h3-6,9-10,14-17,20-21,23,25H,7-8,11-13,18-19H2,1-2H3,(H,34,36,37)/b4-3+. The Balaban J connectivity index is 0.989. The molecular formula is C32H35N9O3. The normalized spacial score (nSPS) is 16.6. The number of pyridine rings is 1. The highest BCUT2D eigenvalue weighted by Gasteiger charge is 2.33. The molecule has 12 nitrogen and oxygen atoms in total. The van der Waals surface area contributed by atoms with Gasteiger partial charge in [0.2, 0.25) is 5.91 Å². The number of methoxy groups -OCH3 is 1. The third-order valence-corrected chi connectivity index (χ3v) is 8.53. The molecule has 226 valence electrons. The fourth-order valence-electron chi connectivity index (χ4n) is 5.96. The summed E-state index contributed by atoms with van der Waals surface area (Å²) < 4.78 is 15.1. The van der Waals surface area contributed by atoms with Gasteiger partial charge in [0, 0.05) is 76.0 Å². The highest BCUT2D eigenvalue weighted by molar-refractivity contribution is 5.88. The molecule has 0 radical (unpaired) electrons. The Labute approximate surface area is 254 Å². The zero-order chi connectivity index (χ0) is 30.0. The number of nitrogens with one attached hydrogen (secondary N) is 1. The van der Waals surface area contributed by atoms with Crippen molar-refractivity contribution in [2.75, 3.05) is 45.2 Å². The third-order valence-electron chi connectivity index (χ3n) is 8.53. The number of hydrogen-bond acceptors (Lipinski definition) is 9. The van der Waals surface area contributed by atoms with E-state index in [4.69, 9.17) is 9.47 Å². The lowest BCUT2D eigenvalue weighted by Crippen LogP contribution is -2.47. The number of hydrogen-bond donors (Lipinski definition) is 1. The summed E-state index contributed by atoms with van der Waals surface area (Å²) in [7, 11) is 1.78. The zero-order valence-corrected chi connectivity index (χ0v) is 24.8. The van der Waals surface area contributed by atoms with Crippen LogP contribution in [0.15, 0.2) is 73.6 Å². The van der Waals surface area contributed by atoms with Crippen LogP contribution in [-0.2, 0) is 9.53 Å². The average molecular weight is 594 g/mol.